The highest BCUT2D eigenvalue weighted by Crippen LogP contribution is 2.38. The van der Waals surface area contributed by atoms with Gasteiger partial charge in [0, 0.05) is 12.5 Å². The van der Waals surface area contributed by atoms with Gasteiger partial charge in [0.2, 0.25) is 0 Å². The van der Waals surface area contributed by atoms with E-state index in [1.165, 1.54) is 12.8 Å². The maximum Gasteiger partial charge on any atom is 0.160 e. The third-order valence-corrected chi connectivity index (χ3v) is 3.01. The molecule has 84 valence electrons. The van der Waals surface area contributed by atoms with E-state index in [-0.39, 0.29) is 0 Å². The Labute approximate surface area is 94.5 Å². The SMILES string of the molecule is CCCc1nc2cc(N)cnc2n1C1CC1. The van der Waals surface area contributed by atoms with Gasteiger partial charge in [-0.05, 0) is 25.3 Å². The molecule has 0 aromatic carbocycles. The molecule has 2 N–H and O–H groups in total. The number of nitrogens with zero attached hydrogens (tertiary/aromatic N) is 3. The first-order chi connectivity index (χ1) is 7.79. The monoisotopic (exact) mass is 216 g/mol. The number of anilines is 1. The molecular weight excluding hydrogens is 200 g/mol. The quantitative estimate of drug-likeness (QED) is 0.856. The Kier molecular flexibility index (Phi) is 2.09. The first-order valence-corrected chi connectivity index (χ1v) is 5.92. The number of rotatable bonds is 3. The molecule has 0 saturated heterocycles. The van der Waals surface area contributed by atoms with Crippen molar-refractivity contribution in [3.63, 3.8) is 0 Å². The number of fused-ring (bicyclic) bond motifs is 1. The number of nitrogens with two attached hydrogens (primary N) is 1. The van der Waals surface area contributed by atoms with Crippen LogP contribution in [0.25, 0.3) is 11.2 Å². The Balaban J connectivity index is 2.20. The van der Waals surface area contributed by atoms with Crippen LogP contribution >= 0.6 is 0 Å². The number of nitrogen functional groups attached to an aromatic ring is 1. The largest absolute Gasteiger partial charge is 0.397 e. The van der Waals surface area contributed by atoms with E-state index in [4.69, 9.17) is 5.73 Å². The molecule has 0 atom stereocenters. The Morgan fingerprint density at radius 1 is 1.50 bits per heavy atom. The molecule has 0 spiro atoms. The zero-order valence-corrected chi connectivity index (χ0v) is 9.48. The summed E-state index contributed by atoms with van der Waals surface area (Å²) in [4.78, 5) is 9.07. The summed E-state index contributed by atoms with van der Waals surface area (Å²) in [5, 5.41) is 0. The fourth-order valence-corrected chi connectivity index (χ4v) is 2.16. The first kappa shape index (κ1) is 9.63. The lowest BCUT2D eigenvalue weighted by Crippen LogP contribution is -2.02. The van der Waals surface area contributed by atoms with E-state index >= 15 is 0 Å². The van der Waals surface area contributed by atoms with Crippen LogP contribution < -0.4 is 5.73 Å². The van der Waals surface area contributed by atoms with Crippen LogP contribution in [0.15, 0.2) is 12.3 Å². The molecule has 0 unspecified atom stereocenters. The molecule has 1 saturated carbocycles. The lowest BCUT2D eigenvalue weighted by Gasteiger charge is -2.05. The van der Waals surface area contributed by atoms with Gasteiger partial charge in [0.25, 0.3) is 0 Å². The standard InChI is InChI=1S/C12H16N4/c1-2-3-11-15-10-6-8(13)7-14-12(10)16(11)9-4-5-9/h6-7,9H,2-5,13H2,1H3. The smallest absolute Gasteiger partial charge is 0.160 e. The molecule has 2 aromatic rings. The van der Waals surface area contributed by atoms with E-state index in [9.17, 15) is 0 Å². The topological polar surface area (TPSA) is 56.7 Å². The van der Waals surface area contributed by atoms with Crippen molar-refractivity contribution < 1.29 is 0 Å². The van der Waals surface area contributed by atoms with E-state index in [0.29, 0.717) is 11.7 Å². The number of hydrogen-bond acceptors (Lipinski definition) is 3. The molecule has 1 aliphatic rings. The van der Waals surface area contributed by atoms with Gasteiger partial charge >= 0.3 is 0 Å². The number of imidazole rings is 1. The minimum Gasteiger partial charge on any atom is -0.397 e. The van der Waals surface area contributed by atoms with E-state index < -0.39 is 0 Å². The minimum atomic E-state index is 0.627. The predicted molar refractivity (Wildman–Crippen MR) is 64.2 cm³/mol. The highest BCUT2D eigenvalue weighted by molar-refractivity contribution is 5.75. The highest BCUT2D eigenvalue weighted by Gasteiger charge is 2.28. The van der Waals surface area contributed by atoms with Gasteiger partial charge in [0.05, 0.1) is 11.9 Å². The summed E-state index contributed by atoms with van der Waals surface area (Å²) in [5.74, 6) is 1.16. The van der Waals surface area contributed by atoms with Crippen molar-refractivity contribution in [1.82, 2.24) is 14.5 Å². The number of pyridine rings is 1. The maximum atomic E-state index is 5.74. The third kappa shape index (κ3) is 1.45. The minimum absolute atomic E-state index is 0.627. The van der Waals surface area contributed by atoms with Crippen molar-refractivity contribution in [2.45, 2.75) is 38.6 Å². The second-order valence-electron chi connectivity index (χ2n) is 4.49. The van der Waals surface area contributed by atoms with Crippen molar-refractivity contribution in [1.29, 1.82) is 0 Å². The second kappa shape index (κ2) is 3.47. The van der Waals surface area contributed by atoms with Gasteiger partial charge in [-0.1, -0.05) is 6.92 Å². The average molecular weight is 216 g/mol. The fraction of sp³-hybridized carbons (Fsp3) is 0.500. The molecule has 0 bridgehead atoms. The Morgan fingerprint density at radius 2 is 2.31 bits per heavy atom. The molecule has 1 aliphatic carbocycles. The molecule has 2 aromatic heterocycles. The van der Waals surface area contributed by atoms with E-state index in [1.807, 2.05) is 6.07 Å². The predicted octanol–water partition coefficient (Wildman–Crippen LogP) is 2.30. The van der Waals surface area contributed by atoms with Crippen LogP contribution in [-0.2, 0) is 6.42 Å². The molecule has 0 radical (unpaired) electrons. The van der Waals surface area contributed by atoms with Gasteiger partial charge < -0.3 is 10.3 Å². The second-order valence-corrected chi connectivity index (χ2v) is 4.49. The number of hydrogen-bond donors (Lipinski definition) is 1. The Hall–Kier alpha value is -1.58. The van der Waals surface area contributed by atoms with Crippen LogP contribution in [-0.4, -0.2) is 14.5 Å². The van der Waals surface area contributed by atoms with Crippen LogP contribution in [0.4, 0.5) is 5.69 Å². The molecule has 0 aliphatic heterocycles. The third-order valence-electron chi connectivity index (χ3n) is 3.01. The highest BCUT2D eigenvalue weighted by atomic mass is 15.2. The zero-order valence-electron chi connectivity index (χ0n) is 9.48. The van der Waals surface area contributed by atoms with Crippen molar-refractivity contribution in [2.75, 3.05) is 5.73 Å². The van der Waals surface area contributed by atoms with Gasteiger partial charge in [0.1, 0.15) is 11.3 Å². The van der Waals surface area contributed by atoms with Crippen molar-refractivity contribution in [2.24, 2.45) is 0 Å². The van der Waals surface area contributed by atoms with Crippen LogP contribution in [0.3, 0.4) is 0 Å². The van der Waals surface area contributed by atoms with Crippen LogP contribution in [0, 0.1) is 0 Å². The normalized spacial score (nSPS) is 15.8. The maximum absolute atomic E-state index is 5.74. The van der Waals surface area contributed by atoms with E-state index in [1.54, 1.807) is 6.20 Å². The summed E-state index contributed by atoms with van der Waals surface area (Å²) in [7, 11) is 0. The zero-order chi connectivity index (χ0) is 11.1. The van der Waals surface area contributed by atoms with Gasteiger partial charge in [-0.15, -0.1) is 0 Å². The fourth-order valence-electron chi connectivity index (χ4n) is 2.16. The molecular formula is C12H16N4. The summed E-state index contributed by atoms with van der Waals surface area (Å²) in [6, 6.07) is 2.54. The van der Waals surface area contributed by atoms with E-state index in [2.05, 4.69) is 21.5 Å². The van der Waals surface area contributed by atoms with Gasteiger partial charge in [0.15, 0.2) is 5.65 Å². The number of aryl methyl sites for hydroxylation is 1. The molecule has 4 nitrogen and oxygen atoms in total. The Morgan fingerprint density at radius 3 is 3.00 bits per heavy atom. The summed E-state index contributed by atoms with van der Waals surface area (Å²) in [6.45, 7) is 2.18. The molecule has 3 rings (SSSR count). The lowest BCUT2D eigenvalue weighted by molar-refractivity contribution is 0.681. The molecule has 1 fully saturated rings. The van der Waals surface area contributed by atoms with E-state index in [0.717, 1.165) is 29.8 Å². The molecule has 16 heavy (non-hydrogen) atoms. The van der Waals surface area contributed by atoms with Gasteiger partial charge in [-0.2, -0.15) is 0 Å². The van der Waals surface area contributed by atoms with Gasteiger partial charge in [-0.25, -0.2) is 9.97 Å². The van der Waals surface area contributed by atoms with Crippen molar-refractivity contribution in [3.8, 4) is 0 Å². The van der Waals surface area contributed by atoms with Crippen LogP contribution in [0.5, 0.6) is 0 Å². The van der Waals surface area contributed by atoms with Gasteiger partial charge in [-0.3, -0.25) is 0 Å². The first-order valence-electron chi connectivity index (χ1n) is 5.92. The summed E-state index contributed by atoms with van der Waals surface area (Å²) in [5.41, 5.74) is 8.37. The average Bonchev–Trinajstić information content (AvgIpc) is 3.02. The van der Waals surface area contributed by atoms with Crippen LogP contribution in [0.2, 0.25) is 0 Å². The molecule has 0 amide bonds. The molecule has 2 heterocycles. The summed E-state index contributed by atoms with van der Waals surface area (Å²) < 4.78 is 2.30. The summed E-state index contributed by atoms with van der Waals surface area (Å²) >= 11 is 0. The summed E-state index contributed by atoms with van der Waals surface area (Å²) in [6.07, 6.45) is 6.37. The molecule has 4 heteroatoms. The van der Waals surface area contributed by atoms with Crippen LogP contribution in [0.1, 0.15) is 38.1 Å². The Bertz CT molecular complexity index is 525. The number of aromatic nitrogens is 3. The van der Waals surface area contributed by atoms with Crippen molar-refractivity contribution in [3.05, 3.63) is 18.1 Å². The lowest BCUT2D eigenvalue weighted by atomic mass is 10.3. The van der Waals surface area contributed by atoms with Crippen molar-refractivity contribution >= 4 is 16.9 Å².